The molecule has 1 amide bonds. The third kappa shape index (κ3) is 4.50. The summed E-state index contributed by atoms with van der Waals surface area (Å²) in [4.78, 5) is 29.2. The van der Waals surface area contributed by atoms with E-state index < -0.39 is 0 Å². The van der Waals surface area contributed by atoms with E-state index in [1.54, 1.807) is 18.2 Å². The number of carbonyl (C=O) groups is 1. The molecule has 0 unspecified atom stereocenters. The number of aromatic amines is 1. The van der Waals surface area contributed by atoms with Crippen LogP contribution in [0.4, 0.5) is 0 Å². The number of benzene rings is 2. The van der Waals surface area contributed by atoms with Crippen LogP contribution < -0.4 is 15.8 Å². The molecule has 3 N–H and O–H groups in total. The zero-order valence-corrected chi connectivity index (χ0v) is 16.2. The lowest BCUT2D eigenvalue weighted by Crippen LogP contribution is -3.06. The Kier molecular flexibility index (Phi) is 5.83. The second kappa shape index (κ2) is 8.28. The number of likely N-dealkylation sites (N-methyl/N-ethyl adjacent to an activating group) is 1. The van der Waals surface area contributed by atoms with Gasteiger partial charge in [0.1, 0.15) is 0 Å². The maximum atomic E-state index is 12.7. The fraction of sp³-hybridized carbons (Fsp3) is 0.250. The van der Waals surface area contributed by atoms with Gasteiger partial charge < -0.3 is 15.2 Å². The van der Waals surface area contributed by atoms with Crippen molar-refractivity contribution in [2.45, 2.75) is 6.54 Å². The smallest absolute Gasteiger partial charge is 0.262 e. The zero-order chi connectivity index (χ0) is 19.4. The molecule has 0 atom stereocenters. The first-order valence-corrected chi connectivity index (χ1v) is 9.24. The molecule has 27 heavy (non-hydrogen) atoms. The summed E-state index contributed by atoms with van der Waals surface area (Å²) in [5.41, 5.74) is 2.11. The molecule has 3 rings (SSSR count). The van der Waals surface area contributed by atoms with Crippen LogP contribution in [0.5, 0.6) is 0 Å². The molecule has 0 fully saturated rings. The second-order valence-electron chi connectivity index (χ2n) is 6.78. The highest BCUT2D eigenvalue weighted by atomic mass is 32.1. The minimum atomic E-state index is -0.123. The first-order valence-electron chi connectivity index (χ1n) is 8.84. The molecule has 0 aliphatic carbocycles. The van der Waals surface area contributed by atoms with Crippen LogP contribution in [-0.4, -0.2) is 42.6 Å². The first-order chi connectivity index (χ1) is 13.0. The molecule has 0 radical (unpaired) electrons. The van der Waals surface area contributed by atoms with E-state index in [1.807, 2.05) is 44.4 Å². The number of fused-ring (bicyclic) bond motifs is 1. The molecule has 0 aliphatic heterocycles. The molecule has 2 aromatic carbocycles. The van der Waals surface area contributed by atoms with Crippen molar-refractivity contribution in [3.05, 3.63) is 74.8 Å². The molecule has 1 aromatic heterocycles. The summed E-state index contributed by atoms with van der Waals surface area (Å²) in [7, 11) is 4.08. The van der Waals surface area contributed by atoms with Gasteiger partial charge in [-0.05, 0) is 42.0 Å². The van der Waals surface area contributed by atoms with Gasteiger partial charge in [0.25, 0.3) is 11.5 Å². The van der Waals surface area contributed by atoms with Gasteiger partial charge in [0.05, 0.1) is 44.6 Å². The van der Waals surface area contributed by atoms with Crippen molar-refractivity contribution in [2.75, 3.05) is 27.2 Å². The van der Waals surface area contributed by atoms with Gasteiger partial charge in [0.2, 0.25) is 0 Å². The van der Waals surface area contributed by atoms with Crippen molar-refractivity contribution in [1.82, 2.24) is 14.9 Å². The Labute approximate surface area is 162 Å². The Balaban J connectivity index is 1.77. The normalized spacial score (nSPS) is 11.1. The second-order valence-corrected chi connectivity index (χ2v) is 7.16. The highest BCUT2D eigenvalue weighted by Crippen LogP contribution is 2.09. The first kappa shape index (κ1) is 19.0. The van der Waals surface area contributed by atoms with Crippen LogP contribution >= 0.6 is 12.2 Å². The maximum Gasteiger partial charge on any atom is 0.262 e. The molecule has 0 saturated carbocycles. The highest BCUT2D eigenvalue weighted by molar-refractivity contribution is 7.71. The molecule has 0 aliphatic rings. The van der Waals surface area contributed by atoms with Gasteiger partial charge in [-0.25, -0.2) is 0 Å². The molecular formula is C20H23N4O2S+. The van der Waals surface area contributed by atoms with Gasteiger partial charge in [-0.2, -0.15) is 0 Å². The van der Waals surface area contributed by atoms with Gasteiger partial charge in [0.15, 0.2) is 4.77 Å². The predicted octanol–water partition coefficient (Wildman–Crippen LogP) is 0.982. The van der Waals surface area contributed by atoms with Gasteiger partial charge in [-0.1, -0.05) is 24.3 Å². The predicted molar refractivity (Wildman–Crippen MR) is 109 cm³/mol. The molecular weight excluding hydrogens is 360 g/mol. The van der Waals surface area contributed by atoms with Crippen molar-refractivity contribution in [2.24, 2.45) is 0 Å². The minimum absolute atomic E-state index is 0.0945. The van der Waals surface area contributed by atoms with Crippen LogP contribution in [-0.2, 0) is 6.54 Å². The van der Waals surface area contributed by atoms with E-state index in [1.165, 1.54) is 9.47 Å². The number of carbonyl (C=O) groups excluding carboxylic acids is 1. The summed E-state index contributed by atoms with van der Waals surface area (Å²) in [6.07, 6.45) is 0. The molecule has 6 nitrogen and oxygen atoms in total. The molecule has 140 valence electrons. The summed E-state index contributed by atoms with van der Waals surface area (Å²) in [6.45, 7) is 1.85. The molecule has 0 bridgehead atoms. The van der Waals surface area contributed by atoms with E-state index in [2.05, 4.69) is 10.3 Å². The monoisotopic (exact) mass is 383 g/mol. The fourth-order valence-corrected chi connectivity index (χ4v) is 3.07. The standard InChI is InChI=1S/C20H22N4O2S/c1-23(2)12-11-21-18(25)15-9-7-14(8-10-15)13-24-19(26)16-5-3-4-6-17(16)22-20(24)27/h3-10H,11-13H2,1-2H3,(H,21,25)(H,22,27)/p+1. The number of para-hydroxylation sites is 1. The van der Waals surface area contributed by atoms with E-state index in [0.717, 1.165) is 17.6 Å². The number of nitrogens with zero attached hydrogens (tertiary/aromatic N) is 1. The summed E-state index contributed by atoms with van der Waals surface area (Å²) in [6, 6.07) is 14.5. The van der Waals surface area contributed by atoms with E-state index in [4.69, 9.17) is 12.2 Å². The summed E-state index contributed by atoms with van der Waals surface area (Å²) < 4.78 is 1.92. The Bertz CT molecular complexity index is 1070. The average molecular weight is 383 g/mol. The average Bonchev–Trinajstić information content (AvgIpc) is 2.65. The molecule has 0 saturated heterocycles. The lowest BCUT2D eigenvalue weighted by molar-refractivity contribution is -0.856. The van der Waals surface area contributed by atoms with Crippen LogP contribution in [0.15, 0.2) is 53.3 Å². The molecule has 1 heterocycles. The van der Waals surface area contributed by atoms with Crippen LogP contribution in [0.3, 0.4) is 0 Å². The third-order valence-electron chi connectivity index (χ3n) is 4.36. The Hall–Kier alpha value is -2.77. The summed E-state index contributed by atoms with van der Waals surface area (Å²) >= 11 is 5.34. The number of rotatable bonds is 6. The quantitative estimate of drug-likeness (QED) is 0.556. The molecule has 3 aromatic rings. The van der Waals surface area contributed by atoms with Crippen LogP contribution in [0.25, 0.3) is 10.9 Å². The number of amides is 1. The number of nitrogens with one attached hydrogen (secondary N) is 3. The minimum Gasteiger partial charge on any atom is -0.346 e. The Morgan fingerprint density at radius 3 is 2.56 bits per heavy atom. The largest absolute Gasteiger partial charge is 0.346 e. The fourth-order valence-electron chi connectivity index (χ4n) is 2.81. The zero-order valence-electron chi connectivity index (χ0n) is 15.4. The lowest BCUT2D eigenvalue weighted by atomic mass is 10.1. The Morgan fingerprint density at radius 1 is 1.15 bits per heavy atom. The third-order valence-corrected chi connectivity index (χ3v) is 4.68. The molecule has 7 heteroatoms. The van der Waals surface area contributed by atoms with Crippen molar-refractivity contribution >= 4 is 29.0 Å². The van der Waals surface area contributed by atoms with Crippen LogP contribution in [0, 0.1) is 4.77 Å². The number of hydrogen-bond donors (Lipinski definition) is 3. The van der Waals surface area contributed by atoms with E-state index in [0.29, 0.717) is 28.8 Å². The molecule has 0 spiro atoms. The summed E-state index contributed by atoms with van der Waals surface area (Å²) in [5.74, 6) is -0.0945. The summed E-state index contributed by atoms with van der Waals surface area (Å²) in [5, 5.41) is 3.50. The highest BCUT2D eigenvalue weighted by Gasteiger charge is 2.08. The number of hydrogen-bond acceptors (Lipinski definition) is 3. The lowest BCUT2D eigenvalue weighted by Gasteiger charge is -2.10. The van der Waals surface area contributed by atoms with E-state index in [-0.39, 0.29) is 11.5 Å². The maximum absolute atomic E-state index is 12.7. The van der Waals surface area contributed by atoms with Gasteiger partial charge >= 0.3 is 0 Å². The van der Waals surface area contributed by atoms with Crippen LogP contribution in [0.2, 0.25) is 0 Å². The van der Waals surface area contributed by atoms with Gasteiger partial charge in [-0.3, -0.25) is 14.2 Å². The van der Waals surface area contributed by atoms with Crippen molar-refractivity contribution in [1.29, 1.82) is 0 Å². The van der Waals surface area contributed by atoms with Crippen molar-refractivity contribution in [3.63, 3.8) is 0 Å². The number of aromatic nitrogens is 2. The van der Waals surface area contributed by atoms with Gasteiger partial charge in [-0.15, -0.1) is 0 Å². The van der Waals surface area contributed by atoms with E-state index in [9.17, 15) is 9.59 Å². The van der Waals surface area contributed by atoms with Crippen molar-refractivity contribution in [3.8, 4) is 0 Å². The van der Waals surface area contributed by atoms with Crippen LogP contribution in [0.1, 0.15) is 15.9 Å². The Morgan fingerprint density at radius 2 is 1.85 bits per heavy atom. The van der Waals surface area contributed by atoms with Crippen molar-refractivity contribution < 1.29 is 9.69 Å². The SMILES string of the molecule is C[NH+](C)CCNC(=O)c1ccc(Cn2c(=S)[nH]c3ccccc3c2=O)cc1. The number of H-pyrrole nitrogens is 1. The number of quaternary nitrogens is 1. The topological polar surface area (TPSA) is 71.3 Å². The van der Waals surface area contributed by atoms with Gasteiger partial charge in [0, 0.05) is 5.56 Å². The van der Waals surface area contributed by atoms with E-state index >= 15 is 0 Å².